The summed E-state index contributed by atoms with van der Waals surface area (Å²) in [5, 5.41) is 2.79. The second-order valence-corrected chi connectivity index (χ2v) is 3.98. The highest BCUT2D eigenvalue weighted by Crippen LogP contribution is 2.30. The van der Waals surface area contributed by atoms with Gasteiger partial charge >= 0.3 is 0 Å². The lowest BCUT2D eigenvalue weighted by Crippen LogP contribution is -2.46. The summed E-state index contributed by atoms with van der Waals surface area (Å²) in [6.07, 6.45) is 0. The molecule has 84 valence electrons. The van der Waals surface area contributed by atoms with Crippen LogP contribution < -0.4 is 10.2 Å². The van der Waals surface area contributed by atoms with Crippen molar-refractivity contribution in [1.29, 1.82) is 0 Å². The second kappa shape index (κ2) is 3.96. The van der Waals surface area contributed by atoms with Gasteiger partial charge in [-0.3, -0.25) is 9.59 Å². The van der Waals surface area contributed by atoms with Gasteiger partial charge in [-0.1, -0.05) is 12.1 Å². The van der Waals surface area contributed by atoms with Crippen LogP contribution in [-0.4, -0.2) is 24.3 Å². The van der Waals surface area contributed by atoms with Crippen LogP contribution in [0.1, 0.15) is 13.8 Å². The van der Waals surface area contributed by atoms with E-state index in [0.29, 0.717) is 0 Å². The van der Waals surface area contributed by atoms with Crippen LogP contribution in [0.2, 0.25) is 0 Å². The van der Waals surface area contributed by atoms with Crippen LogP contribution in [0.3, 0.4) is 0 Å². The summed E-state index contributed by atoms with van der Waals surface area (Å²) in [7, 11) is 0. The zero-order valence-corrected chi connectivity index (χ0v) is 9.36. The Morgan fingerprint density at radius 2 is 2.12 bits per heavy atom. The smallest absolute Gasteiger partial charge is 0.243 e. The van der Waals surface area contributed by atoms with Crippen molar-refractivity contribution in [3.63, 3.8) is 0 Å². The molecule has 4 heteroatoms. The van der Waals surface area contributed by atoms with Crippen LogP contribution >= 0.6 is 0 Å². The number of rotatable bonds is 2. The number of carbonyl (C=O) groups is 2. The molecule has 0 fully saturated rings. The van der Waals surface area contributed by atoms with Crippen LogP contribution in [0.5, 0.6) is 0 Å². The van der Waals surface area contributed by atoms with Gasteiger partial charge in [-0.15, -0.1) is 0 Å². The van der Waals surface area contributed by atoms with Crippen molar-refractivity contribution in [3.8, 4) is 0 Å². The van der Waals surface area contributed by atoms with Gasteiger partial charge in [0, 0.05) is 0 Å². The number of ketones is 1. The summed E-state index contributed by atoms with van der Waals surface area (Å²) in [5.74, 6) is -0.0173. The van der Waals surface area contributed by atoms with Gasteiger partial charge in [0.1, 0.15) is 0 Å². The maximum Gasteiger partial charge on any atom is 0.243 e. The van der Waals surface area contributed by atoms with Crippen molar-refractivity contribution in [2.75, 3.05) is 16.8 Å². The van der Waals surface area contributed by atoms with E-state index in [9.17, 15) is 9.59 Å². The van der Waals surface area contributed by atoms with Crippen molar-refractivity contribution in [1.82, 2.24) is 0 Å². The van der Waals surface area contributed by atoms with Crippen LogP contribution in [0.25, 0.3) is 0 Å². The molecule has 2 rings (SSSR count). The van der Waals surface area contributed by atoms with E-state index in [-0.39, 0.29) is 24.3 Å². The fraction of sp³-hybridized carbons (Fsp3) is 0.333. The molecule has 0 radical (unpaired) electrons. The first-order valence-electron chi connectivity index (χ1n) is 5.25. The molecular formula is C12H14N2O2. The number of fused-ring (bicyclic) bond motifs is 1. The average molecular weight is 218 g/mol. The zero-order chi connectivity index (χ0) is 11.7. The second-order valence-electron chi connectivity index (χ2n) is 3.98. The minimum absolute atomic E-state index is 0.0597. The number of hydrogen-bond acceptors (Lipinski definition) is 3. The first-order valence-corrected chi connectivity index (χ1v) is 5.25. The van der Waals surface area contributed by atoms with E-state index in [0.717, 1.165) is 11.4 Å². The van der Waals surface area contributed by atoms with Crippen LogP contribution in [0, 0.1) is 0 Å². The molecule has 0 bridgehead atoms. The normalized spacial score (nSPS) is 16.4. The number of nitrogens with one attached hydrogen (secondary N) is 1. The largest absolute Gasteiger partial charge is 0.351 e. The third-order valence-corrected chi connectivity index (χ3v) is 2.86. The van der Waals surface area contributed by atoms with Crippen molar-refractivity contribution in [3.05, 3.63) is 24.3 Å². The maximum atomic E-state index is 11.5. The zero-order valence-electron chi connectivity index (χ0n) is 9.36. The maximum absolute atomic E-state index is 11.5. The Labute approximate surface area is 94.2 Å². The number of hydrogen-bond donors (Lipinski definition) is 1. The van der Waals surface area contributed by atoms with Crippen molar-refractivity contribution < 1.29 is 9.59 Å². The summed E-state index contributed by atoms with van der Waals surface area (Å²) in [5.41, 5.74) is 1.68. The Kier molecular flexibility index (Phi) is 2.64. The fourth-order valence-electron chi connectivity index (χ4n) is 1.82. The minimum atomic E-state index is -0.271. The number of nitrogens with zero attached hydrogens (tertiary/aromatic N) is 1. The molecule has 1 unspecified atom stereocenters. The minimum Gasteiger partial charge on any atom is -0.351 e. The third-order valence-electron chi connectivity index (χ3n) is 2.86. The highest BCUT2D eigenvalue weighted by Gasteiger charge is 2.27. The summed E-state index contributed by atoms with van der Waals surface area (Å²) in [6.45, 7) is 3.59. The van der Waals surface area contributed by atoms with E-state index in [1.807, 2.05) is 36.1 Å². The molecule has 4 nitrogen and oxygen atoms in total. The first-order chi connectivity index (χ1) is 7.59. The summed E-state index contributed by atoms with van der Waals surface area (Å²) >= 11 is 0. The third kappa shape index (κ3) is 1.78. The van der Waals surface area contributed by atoms with E-state index in [4.69, 9.17) is 0 Å². The number of amides is 1. The van der Waals surface area contributed by atoms with Gasteiger partial charge in [-0.25, -0.2) is 0 Å². The summed E-state index contributed by atoms with van der Waals surface area (Å²) < 4.78 is 0. The first kappa shape index (κ1) is 10.7. The Bertz CT molecular complexity index is 442. The molecule has 0 spiro atoms. The SMILES string of the molecule is CC(=O)C(C)N1CC(=O)Nc2ccccc21. The van der Waals surface area contributed by atoms with Gasteiger partial charge < -0.3 is 10.2 Å². The van der Waals surface area contributed by atoms with E-state index in [1.54, 1.807) is 6.92 Å². The predicted molar refractivity (Wildman–Crippen MR) is 62.6 cm³/mol. The number of anilines is 2. The lowest BCUT2D eigenvalue weighted by molar-refractivity contribution is -0.118. The van der Waals surface area contributed by atoms with Gasteiger partial charge in [0.15, 0.2) is 5.78 Å². The van der Waals surface area contributed by atoms with Crippen molar-refractivity contribution >= 4 is 23.1 Å². The number of benzene rings is 1. The van der Waals surface area contributed by atoms with Gasteiger partial charge in [-0.05, 0) is 26.0 Å². The van der Waals surface area contributed by atoms with Gasteiger partial charge in [-0.2, -0.15) is 0 Å². The molecule has 1 amide bonds. The van der Waals surface area contributed by atoms with E-state index in [1.165, 1.54) is 0 Å². The molecule has 0 aromatic heterocycles. The molecule has 1 aromatic rings. The van der Waals surface area contributed by atoms with E-state index >= 15 is 0 Å². The fourth-order valence-corrected chi connectivity index (χ4v) is 1.82. The summed E-state index contributed by atoms with van der Waals surface area (Å²) in [6, 6.07) is 7.24. The molecule has 1 aliphatic rings. The molecule has 1 atom stereocenters. The topological polar surface area (TPSA) is 49.4 Å². The van der Waals surface area contributed by atoms with E-state index in [2.05, 4.69) is 5.32 Å². The molecule has 0 saturated heterocycles. The van der Waals surface area contributed by atoms with Crippen molar-refractivity contribution in [2.24, 2.45) is 0 Å². The Morgan fingerprint density at radius 1 is 1.44 bits per heavy atom. The molecule has 0 saturated carbocycles. The predicted octanol–water partition coefficient (Wildman–Crippen LogP) is 1.42. The monoisotopic (exact) mass is 218 g/mol. The van der Waals surface area contributed by atoms with Gasteiger partial charge in [0.2, 0.25) is 5.91 Å². The highest BCUT2D eigenvalue weighted by atomic mass is 16.2. The number of carbonyl (C=O) groups excluding carboxylic acids is 2. The van der Waals surface area contributed by atoms with Crippen LogP contribution in [0.4, 0.5) is 11.4 Å². The molecule has 1 heterocycles. The van der Waals surface area contributed by atoms with Gasteiger partial charge in [0.25, 0.3) is 0 Å². The molecule has 0 aliphatic carbocycles. The van der Waals surface area contributed by atoms with Crippen LogP contribution in [0.15, 0.2) is 24.3 Å². The number of Topliss-reactive ketones (excluding diaryl/α,β-unsaturated/α-hetero) is 1. The van der Waals surface area contributed by atoms with E-state index < -0.39 is 0 Å². The lowest BCUT2D eigenvalue weighted by atomic mass is 10.1. The Hall–Kier alpha value is -1.84. The molecule has 1 aromatic carbocycles. The Morgan fingerprint density at radius 3 is 2.81 bits per heavy atom. The van der Waals surface area contributed by atoms with Crippen molar-refractivity contribution in [2.45, 2.75) is 19.9 Å². The molecule has 1 aliphatic heterocycles. The van der Waals surface area contributed by atoms with Crippen LogP contribution in [-0.2, 0) is 9.59 Å². The van der Waals surface area contributed by atoms with Gasteiger partial charge in [0.05, 0.1) is 24.0 Å². The highest BCUT2D eigenvalue weighted by molar-refractivity contribution is 6.02. The standard InChI is InChI=1S/C12H14N2O2/c1-8(9(2)15)14-7-12(16)13-10-5-3-4-6-11(10)14/h3-6,8H,7H2,1-2H3,(H,13,16). The number of para-hydroxylation sites is 2. The molecule has 1 N–H and O–H groups in total. The quantitative estimate of drug-likeness (QED) is 0.816. The Balaban J connectivity index is 2.41. The summed E-state index contributed by atoms with van der Waals surface area (Å²) in [4.78, 5) is 24.7. The molecule has 16 heavy (non-hydrogen) atoms. The lowest BCUT2D eigenvalue weighted by Gasteiger charge is -2.34. The average Bonchev–Trinajstić information content (AvgIpc) is 2.26. The molecular weight excluding hydrogens is 204 g/mol.